The van der Waals surface area contributed by atoms with E-state index < -0.39 is 0 Å². The van der Waals surface area contributed by atoms with Crippen LogP contribution in [0.1, 0.15) is 28.9 Å². The van der Waals surface area contributed by atoms with Crippen LogP contribution in [0.3, 0.4) is 0 Å². The Morgan fingerprint density at radius 3 is 3.06 bits per heavy atom. The van der Waals surface area contributed by atoms with E-state index in [0.29, 0.717) is 17.8 Å². The Morgan fingerprint density at radius 1 is 1.50 bits per heavy atom. The summed E-state index contributed by atoms with van der Waals surface area (Å²) in [5, 5.41) is 2.85. The molecule has 0 aromatic carbocycles. The average molecular weight is 243 g/mol. The molecule has 1 amide bonds. The van der Waals surface area contributed by atoms with E-state index in [1.807, 2.05) is 6.07 Å². The van der Waals surface area contributed by atoms with E-state index in [1.165, 1.54) is 0 Å². The van der Waals surface area contributed by atoms with Gasteiger partial charge in [0.15, 0.2) is 0 Å². The lowest BCUT2D eigenvalue weighted by molar-refractivity contribution is 0.0941. The maximum Gasteiger partial charge on any atom is 0.253 e. The summed E-state index contributed by atoms with van der Waals surface area (Å²) in [6.07, 6.45) is 1.60. The van der Waals surface area contributed by atoms with Crippen molar-refractivity contribution in [1.29, 1.82) is 0 Å². The van der Waals surface area contributed by atoms with Crippen molar-refractivity contribution in [2.75, 3.05) is 12.3 Å². The second-order valence-electron chi connectivity index (χ2n) is 4.42. The average Bonchev–Trinajstić information content (AvgIpc) is 2.80. The van der Waals surface area contributed by atoms with Crippen molar-refractivity contribution in [3.8, 4) is 11.4 Å². The topological polar surface area (TPSA) is 96.7 Å². The maximum absolute atomic E-state index is 11.8. The summed E-state index contributed by atoms with van der Waals surface area (Å²) in [5.41, 5.74) is 8.67. The number of nitrogens with one attached hydrogen (secondary N) is 2. The Balaban J connectivity index is 2.10. The van der Waals surface area contributed by atoms with Gasteiger partial charge in [-0.25, -0.2) is 9.97 Å². The maximum atomic E-state index is 11.8. The van der Waals surface area contributed by atoms with Gasteiger partial charge in [0.05, 0.1) is 17.0 Å². The molecule has 2 aromatic heterocycles. The lowest BCUT2D eigenvalue weighted by Crippen LogP contribution is -2.33. The number of aromatic nitrogens is 3. The highest BCUT2D eigenvalue weighted by atomic mass is 16.1. The lowest BCUT2D eigenvalue weighted by Gasteiger charge is -2.18. The van der Waals surface area contributed by atoms with Crippen LogP contribution < -0.4 is 11.1 Å². The highest BCUT2D eigenvalue weighted by Crippen LogP contribution is 2.27. The smallest absolute Gasteiger partial charge is 0.253 e. The Labute approximate surface area is 104 Å². The second-order valence-corrected chi connectivity index (χ2v) is 4.42. The van der Waals surface area contributed by atoms with E-state index in [2.05, 4.69) is 27.2 Å². The summed E-state index contributed by atoms with van der Waals surface area (Å²) in [7, 11) is 0. The van der Waals surface area contributed by atoms with Crippen molar-refractivity contribution in [3.05, 3.63) is 29.6 Å². The molecule has 0 saturated carbocycles. The van der Waals surface area contributed by atoms with Crippen molar-refractivity contribution in [1.82, 2.24) is 20.3 Å². The van der Waals surface area contributed by atoms with Gasteiger partial charge in [-0.1, -0.05) is 6.92 Å². The summed E-state index contributed by atoms with van der Waals surface area (Å²) in [6, 6.07) is 3.57. The number of hydrogen-bond donors (Lipinski definition) is 3. The SMILES string of the molecule is C[C@@H]1CNC(=O)c2cc(-c3ccnc(N)n3)[nH]c21. The molecule has 2 aromatic rings. The van der Waals surface area contributed by atoms with E-state index in [9.17, 15) is 4.79 Å². The van der Waals surface area contributed by atoms with E-state index >= 15 is 0 Å². The van der Waals surface area contributed by atoms with E-state index in [0.717, 1.165) is 11.4 Å². The predicted molar refractivity (Wildman–Crippen MR) is 67.0 cm³/mol. The third kappa shape index (κ3) is 1.62. The number of anilines is 1. The molecule has 1 aliphatic heterocycles. The summed E-state index contributed by atoms with van der Waals surface area (Å²) in [5.74, 6) is 0.441. The molecule has 1 aliphatic rings. The fraction of sp³-hybridized carbons (Fsp3) is 0.250. The molecule has 0 bridgehead atoms. The van der Waals surface area contributed by atoms with Gasteiger partial charge in [0.1, 0.15) is 0 Å². The van der Waals surface area contributed by atoms with Crippen LogP contribution in [0.25, 0.3) is 11.4 Å². The zero-order chi connectivity index (χ0) is 12.7. The first kappa shape index (κ1) is 10.8. The highest BCUT2D eigenvalue weighted by Gasteiger charge is 2.25. The Kier molecular flexibility index (Phi) is 2.29. The molecule has 3 heterocycles. The van der Waals surface area contributed by atoms with Crippen LogP contribution in [0.2, 0.25) is 0 Å². The van der Waals surface area contributed by atoms with Gasteiger partial charge in [-0.05, 0) is 12.1 Å². The number of nitrogen functional groups attached to an aromatic ring is 1. The minimum Gasteiger partial charge on any atom is -0.368 e. The highest BCUT2D eigenvalue weighted by molar-refractivity contribution is 5.98. The van der Waals surface area contributed by atoms with Crippen LogP contribution in [-0.4, -0.2) is 27.4 Å². The molecule has 6 heteroatoms. The van der Waals surface area contributed by atoms with Crippen LogP contribution in [0.15, 0.2) is 18.3 Å². The number of fused-ring (bicyclic) bond motifs is 1. The van der Waals surface area contributed by atoms with Gasteiger partial charge in [-0.2, -0.15) is 0 Å². The number of nitrogens with two attached hydrogens (primary N) is 1. The van der Waals surface area contributed by atoms with Crippen molar-refractivity contribution >= 4 is 11.9 Å². The van der Waals surface area contributed by atoms with Gasteiger partial charge in [-0.15, -0.1) is 0 Å². The van der Waals surface area contributed by atoms with Gasteiger partial charge >= 0.3 is 0 Å². The van der Waals surface area contributed by atoms with Crippen LogP contribution in [0, 0.1) is 0 Å². The number of aromatic amines is 1. The molecule has 6 nitrogen and oxygen atoms in total. The molecular weight excluding hydrogens is 230 g/mol. The molecule has 18 heavy (non-hydrogen) atoms. The molecule has 0 radical (unpaired) electrons. The number of H-pyrrole nitrogens is 1. The number of carbonyl (C=O) groups is 1. The first-order valence-electron chi connectivity index (χ1n) is 5.75. The second kappa shape index (κ2) is 3.83. The Bertz CT molecular complexity index is 619. The van der Waals surface area contributed by atoms with E-state index in [1.54, 1.807) is 12.3 Å². The van der Waals surface area contributed by atoms with Crippen molar-refractivity contribution in [2.45, 2.75) is 12.8 Å². The molecule has 0 saturated heterocycles. The fourth-order valence-corrected chi connectivity index (χ4v) is 2.15. The van der Waals surface area contributed by atoms with Crippen LogP contribution in [-0.2, 0) is 0 Å². The molecule has 0 unspecified atom stereocenters. The number of nitrogens with zero attached hydrogens (tertiary/aromatic N) is 2. The van der Waals surface area contributed by atoms with Crippen LogP contribution in [0.5, 0.6) is 0 Å². The number of amides is 1. The monoisotopic (exact) mass is 243 g/mol. The molecule has 92 valence electrons. The molecule has 0 fully saturated rings. The van der Waals surface area contributed by atoms with Gasteiger partial charge in [-0.3, -0.25) is 4.79 Å². The quantitative estimate of drug-likeness (QED) is 0.693. The summed E-state index contributed by atoms with van der Waals surface area (Å²) >= 11 is 0. The number of rotatable bonds is 1. The number of hydrogen-bond acceptors (Lipinski definition) is 4. The van der Waals surface area contributed by atoms with Gasteiger partial charge < -0.3 is 16.0 Å². The van der Waals surface area contributed by atoms with Gasteiger partial charge in [0.25, 0.3) is 5.91 Å². The molecule has 0 spiro atoms. The largest absolute Gasteiger partial charge is 0.368 e. The Morgan fingerprint density at radius 2 is 2.33 bits per heavy atom. The van der Waals surface area contributed by atoms with Crippen LogP contribution >= 0.6 is 0 Å². The predicted octanol–water partition coefficient (Wildman–Crippen LogP) is 0.901. The van der Waals surface area contributed by atoms with Crippen molar-refractivity contribution in [3.63, 3.8) is 0 Å². The van der Waals surface area contributed by atoms with Gasteiger partial charge in [0, 0.05) is 24.4 Å². The molecule has 3 rings (SSSR count). The standard InChI is InChI=1S/C12H13N5O/c1-6-5-15-11(18)7-4-9(16-10(6)7)8-2-3-14-12(13)17-8/h2-4,6,16H,5H2,1H3,(H,15,18)(H2,13,14,17)/t6-/m1/s1. The molecular formula is C12H13N5O. The van der Waals surface area contributed by atoms with Gasteiger partial charge in [0.2, 0.25) is 5.95 Å². The summed E-state index contributed by atoms with van der Waals surface area (Å²) < 4.78 is 0. The van der Waals surface area contributed by atoms with Crippen LogP contribution in [0.4, 0.5) is 5.95 Å². The summed E-state index contributed by atoms with van der Waals surface area (Å²) in [4.78, 5) is 23.0. The minimum absolute atomic E-state index is 0.0485. The summed E-state index contributed by atoms with van der Waals surface area (Å²) in [6.45, 7) is 2.71. The Hall–Kier alpha value is -2.37. The first-order valence-corrected chi connectivity index (χ1v) is 5.75. The lowest BCUT2D eigenvalue weighted by atomic mass is 10.00. The van der Waals surface area contributed by atoms with E-state index in [-0.39, 0.29) is 17.8 Å². The first-order chi connectivity index (χ1) is 8.65. The van der Waals surface area contributed by atoms with Crippen molar-refractivity contribution in [2.24, 2.45) is 0 Å². The third-order valence-corrected chi connectivity index (χ3v) is 3.10. The zero-order valence-electron chi connectivity index (χ0n) is 9.90. The molecule has 4 N–H and O–H groups in total. The van der Waals surface area contributed by atoms with Crippen molar-refractivity contribution < 1.29 is 4.79 Å². The third-order valence-electron chi connectivity index (χ3n) is 3.10. The molecule has 1 atom stereocenters. The number of carbonyl (C=O) groups excluding carboxylic acids is 1. The normalized spacial score (nSPS) is 18.3. The molecule has 0 aliphatic carbocycles. The zero-order valence-corrected chi connectivity index (χ0v) is 9.90. The minimum atomic E-state index is -0.0485. The fourth-order valence-electron chi connectivity index (χ4n) is 2.15. The van der Waals surface area contributed by atoms with E-state index in [4.69, 9.17) is 5.73 Å².